The highest BCUT2D eigenvalue weighted by molar-refractivity contribution is 7.92. The Morgan fingerprint density at radius 3 is 2.38 bits per heavy atom. The molecule has 6 nitrogen and oxygen atoms in total. The number of halogens is 1. The van der Waals surface area contributed by atoms with Gasteiger partial charge in [0, 0.05) is 11.9 Å². The number of anilines is 1. The lowest BCUT2D eigenvalue weighted by Crippen LogP contribution is -2.13. The molecule has 0 fully saturated rings. The Hall–Kier alpha value is -2.64. The molecule has 2 heterocycles. The number of hydrogen-bond acceptors (Lipinski definition) is 4. The number of H-pyrrole nitrogens is 1. The van der Waals surface area contributed by atoms with Crippen molar-refractivity contribution in [2.45, 2.75) is 4.90 Å². The third-order valence-electron chi connectivity index (χ3n) is 3.24. The van der Waals surface area contributed by atoms with Crippen LogP contribution >= 0.6 is 11.6 Å². The minimum absolute atomic E-state index is 0.0909. The van der Waals surface area contributed by atoms with Crippen molar-refractivity contribution >= 4 is 27.4 Å². The summed E-state index contributed by atoms with van der Waals surface area (Å²) in [7, 11) is -3.73. The van der Waals surface area contributed by atoms with Crippen LogP contribution in [0.1, 0.15) is 0 Å². The summed E-state index contributed by atoms with van der Waals surface area (Å²) >= 11 is 5.69. The number of nitrogens with zero attached hydrogens (tertiary/aromatic N) is 1. The lowest BCUT2D eigenvalue weighted by atomic mass is 10.1. The number of nitrogens with one attached hydrogen (secondary N) is 2. The summed E-state index contributed by atoms with van der Waals surface area (Å²) in [5.41, 5.74) is 0.814. The van der Waals surface area contributed by atoms with Crippen LogP contribution in [-0.4, -0.2) is 18.4 Å². The number of aromatic nitrogens is 2. The van der Waals surface area contributed by atoms with Crippen LogP contribution < -0.4 is 10.3 Å². The Balaban J connectivity index is 1.88. The summed E-state index contributed by atoms with van der Waals surface area (Å²) in [5, 5.41) is 0.0949. The van der Waals surface area contributed by atoms with Gasteiger partial charge in [0.05, 0.1) is 4.90 Å². The molecule has 0 saturated carbocycles. The Kier molecular flexibility index (Phi) is 4.37. The third-order valence-corrected chi connectivity index (χ3v) is 4.91. The molecule has 122 valence electrons. The minimum Gasteiger partial charge on any atom is -0.321 e. The number of sulfonamides is 1. The molecule has 0 aliphatic heterocycles. The van der Waals surface area contributed by atoms with Crippen molar-refractivity contribution in [2.24, 2.45) is 0 Å². The first-order valence-corrected chi connectivity index (χ1v) is 8.75. The fourth-order valence-electron chi connectivity index (χ4n) is 2.06. The average Bonchev–Trinajstić information content (AvgIpc) is 2.58. The van der Waals surface area contributed by atoms with Crippen molar-refractivity contribution in [1.82, 2.24) is 9.97 Å². The van der Waals surface area contributed by atoms with Crippen molar-refractivity contribution in [3.05, 3.63) is 76.2 Å². The topological polar surface area (TPSA) is 91.9 Å². The van der Waals surface area contributed by atoms with Crippen molar-refractivity contribution in [2.75, 3.05) is 4.72 Å². The Bertz CT molecular complexity index is 1020. The molecule has 0 atom stereocenters. The average molecular weight is 362 g/mol. The zero-order chi connectivity index (χ0) is 17.2. The molecular formula is C16H12ClN3O3S. The molecule has 24 heavy (non-hydrogen) atoms. The van der Waals surface area contributed by atoms with E-state index in [0.717, 1.165) is 0 Å². The van der Waals surface area contributed by atoms with E-state index in [1.165, 1.54) is 24.4 Å². The molecule has 1 aromatic carbocycles. The predicted molar refractivity (Wildman–Crippen MR) is 92.6 cm³/mol. The summed E-state index contributed by atoms with van der Waals surface area (Å²) in [6, 6.07) is 14.2. The summed E-state index contributed by atoms with van der Waals surface area (Å²) < 4.78 is 27.0. The normalized spacial score (nSPS) is 11.2. The summed E-state index contributed by atoms with van der Waals surface area (Å²) in [6.45, 7) is 0. The molecule has 2 N–H and O–H groups in total. The van der Waals surface area contributed by atoms with E-state index in [-0.39, 0.29) is 15.7 Å². The molecule has 0 bridgehead atoms. The first-order chi connectivity index (χ1) is 11.5. The Labute approximate surface area is 143 Å². The number of rotatable bonds is 4. The maximum atomic E-state index is 12.3. The zero-order valence-corrected chi connectivity index (χ0v) is 13.8. The van der Waals surface area contributed by atoms with Crippen LogP contribution in [0.15, 0.2) is 70.5 Å². The standard InChI is InChI=1S/C16H12ClN3O3S/c17-13-8-9-14(19-16(13)21)11-4-6-12(7-5-11)24(22,23)20-15-3-1-2-10-18-15/h1-10H,(H,18,20)(H,19,21). The van der Waals surface area contributed by atoms with E-state index in [1.807, 2.05) is 0 Å². The summed E-state index contributed by atoms with van der Waals surface area (Å²) in [6.07, 6.45) is 1.50. The molecule has 0 radical (unpaired) electrons. The van der Waals surface area contributed by atoms with Crippen LogP contribution in [0.4, 0.5) is 5.82 Å². The third kappa shape index (κ3) is 3.47. The van der Waals surface area contributed by atoms with Gasteiger partial charge in [0.15, 0.2) is 0 Å². The van der Waals surface area contributed by atoms with E-state index in [9.17, 15) is 13.2 Å². The molecule has 8 heteroatoms. The molecule has 0 spiro atoms. The second-order valence-corrected chi connectivity index (χ2v) is 6.98. The van der Waals surface area contributed by atoms with Gasteiger partial charge in [0.2, 0.25) is 0 Å². The van der Waals surface area contributed by atoms with E-state index in [4.69, 9.17) is 11.6 Å². The van der Waals surface area contributed by atoms with E-state index in [2.05, 4.69) is 14.7 Å². The fraction of sp³-hybridized carbons (Fsp3) is 0. The van der Waals surface area contributed by atoms with Gasteiger partial charge in [-0.3, -0.25) is 9.52 Å². The maximum absolute atomic E-state index is 12.3. The smallest absolute Gasteiger partial charge is 0.267 e. The second-order valence-electron chi connectivity index (χ2n) is 4.89. The number of benzene rings is 1. The first kappa shape index (κ1) is 16.2. The van der Waals surface area contributed by atoms with Gasteiger partial charge in [-0.25, -0.2) is 13.4 Å². The van der Waals surface area contributed by atoms with Gasteiger partial charge < -0.3 is 4.98 Å². The van der Waals surface area contributed by atoms with Gasteiger partial charge in [-0.05, 0) is 42.0 Å². The van der Waals surface area contributed by atoms with Gasteiger partial charge in [-0.1, -0.05) is 29.8 Å². The number of hydrogen-bond donors (Lipinski definition) is 2. The van der Waals surface area contributed by atoms with E-state index in [0.29, 0.717) is 11.3 Å². The van der Waals surface area contributed by atoms with Gasteiger partial charge in [0.1, 0.15) is 10.8 Å². The summed E-state index contributed by atoms with van der Waals surface area (Å²) in [4.78, 5) is 18.2. The molecule has 0 amide bonds. The highest BCUT2D eigenvalue weighted by Gasteiger charge is 2.14. The monoisotopic (exact) mass is 361 g/mol. The van der Waals surface area contributed by atoms with E-state index < -0.39 is 15.6 Å². The van der Waals surface area contributed by atoms with Gasteiger partial charge in [0.25, 0.3) is 15.6 Å². The molecule has 0 unspecified atom stereocenters. The van der Waals surface area contributed by atoms with E-state index in [1.54, 1.807) is 36.4 Å². The molecular weight excluding hydrogens is 350 g/mol. The molecule has 3 aromatic rings. The van der Waals surface area contributed by atoms with Crippen LogP contribution in [-0.2, 0) is 10.0 Å². The molecule has 2 aromatic heterocycles. The zero-order valence-electron chi connectivity index (χ0n) is 12.2. The SMILES string of the molecule is O=c1[nH]c(-c2ccc(S(=O)(=O)Nc3ccccn3)cc2)ccc1Cl. The van der Waals surface area contributed by atoms with Crippen LogP contribution in [0.5, 0.6) is 0 Å². The van der Waals surface area contributed by atoms with Gasteiger partial charge in [-0.2, -0.15) is 0 Å². The van der Waals surface area contributed by atoms with Crippen molar-refractivity contribution < 1.29 is 8.42 Å². The van der Waals surface area contributed by atoms with Crippen molar-refractivity contribution in [1.29, 1.82) is 0 Å². The quantitative estimate of drug-likeness (QED) is 0.747. The molecule has 3 rings (SSSR count). The Morgan fingerprint density at radius 2 is 1.75 bits per heavy atom. The van der Waals surface area contributed by atoms with Crippen LogP contribution in [0.2, 0.25) is 5.02 Å². The Morgan fingerprint density at radius 1 is 1.00 bits per heavy atom. The number of aromatic amines is 1. The molecule has 0 aliphatic carbocycles. The minimum atomic E-state index is -3.73. The lowest BCUT2D eigenvalue weighted by molar-refractivity contribution is 0.601. The highest BCUT2D eigenvalue weighted by Crippen LogP contribution is 2.20. The van der Waals surface area contributed by atoms with E-state index >= 15 is 0 Å². The van der Waals surface area contributed by atoms with Crippen LogP contribution in [0.3, 0.4) is 0 Å². The van der Waals surface area contributed by atoms with Gasteiger partial charge in [-0.15, -0.1) is 0 Å². The first-order valence-electron chi connectivity index (χ1n) is 6.89. The van der Waals surface area contributed by atoms with Crippen LogP contribution in [0, 0.1) is 0 Å². The highest BCUT2D eigenvalue weighted by atomic mass is 35.5. The predicted octanol–water partition coefficient (Wildman–Crippen LogP) is 2.89. The van der Waals surface area contributed by atoms with Gasteiger partial charge >= 0.3 is 0 Å². The maximum Gasteiger partial charge on any atom is 0.267 e. The van der Waals surface area contributed by atoms with Crippen LogP contribution in [0.25, 0.3) is 11.3 Å². The summed E-state index contributed by atoms with van der Waals surface area (Å²) in [5.74, 6) is 0.239. The number of pyridine rings is 2. The van der Waals surface area contributed by atoms with Crippen molar-refractivity contribution in [3.8, 4) is 11.3 Å². The molecule has 0 saturated heterocycles. The lowest BCUT2D eigenvalue weighted by Gasteiger charge is -2.08. The van der Waals surface area contributed by atoms with Crippen molar-refractivity contribution in [3.63, 3.8) is 0 Å². The fourth-order valence-corrected chi connectivity index (χ4v) is 3.18. The largest absolute Gasteiger partial charge is 0.321 e. The second kappa shape index (κ2) is 6.46. The molecule has 0 aliphatic rings.